The average molecular weight is 313 g/mol. The van der Waals surface area contributed by atoms with Crippen molar-refractivity contribution < 1.29 is 14.5 Å². The molecule has 1 aromatic heterocycles. The minimum absolute atomic E-state index is 0. The average Bonchev–Trinajstić information content (AvgIpc) is 2.75. The second-order valence-corrected chi connectivity index (χ2v) is 4.10. The fraction of sp³-hybridized carbons (Fsp3) is 0.167. The lowest BCUT2D eigenvalue weighted by atomic mass is 10.2. The lowest BCUT2D eigenvalue weighted by Crippen LogP contribution is -2.11. The molecule has 112 valence electrons. The van der Waals surface area contributed by atoms with Crippen molar-refractivity contribution in [1.82, 2.24) is 9.55 Å². The van der Waals surface area contributed by atoms with Gasteiger partial charge in [0.05, 0.1) is 4.92 Å². The molecule has 1 aromatic carbocycles. The van der Waals surface area contributed by atoms with Gasteiger partial charge in [-0.3, -0.25) is 10.1 Å². The maximum atomic E-state index is 11.8. The van der Waals surface area contributed by atoms with E-state index in [1.807, 2.05) is 0 Å². The van der Waals surface area contributed by atoms with E-state index in [0.717, 1.165) is 0 Å². The first kappa shape index (κ1) is 16.4. The van der Waals surface area contributed by atoms with Gasteiger partial charge in [-0.25, -0.2) is 9.78 Å². The molecule has 0 spiro atoms. The molecule has 0 saturated heterocycles. The molecule has 0 radical (unpaired) electrons. The van der Waals surface area contributed by atoms with E-state index >= 15 is 0 Å². The van der Waals surface area contributed by atoms with Crippen LogP contribution in [-0.4, -0.2) is 20.4 Å². The highest BCUT2D eigenvalue weighted by atomic mass is 35.5. The maximum absolute atomic E-state index is 11.8. The van der Waals surface area contributed by atoms with Crippen LogP contribution in [0.1, 0.15) is 16.2 Å². The number of ether oxygens (including phenoxy) is 1. The van der Waals surface area contributed by atoms with E-state index in [9.17, 15) is 14.9 Å². The first-order valence-corrected chi connectivity index (χ1v) is 5.66. The van der Waals surface area contributed by atoms with Gasteiger partial charge in [-0.05, 0) is 17.7 Å². The number of hydrogen-bond donors (Lipinski definition) is 1. The fourth-order valence-electron chi connectivity index (χ4n) is 1.61. The van der Waals surface area contributed by atoms with Crippen molar-refractivity contribution in [2.45, 2.75) is 6.61 Å². The molecule has 2 rings (SSSR count). The van der Waals surface area contributed by atoms with Crippen molar-refractivity contribution in [3.8, 4) is 0 Å². The number of aromatic nitrogens is 2. The molecule has 1 heterocycles. The zero-order valence-corrected chi connectivity index (χ0v) is 11.9. The molecule has 0 aliphatic rings. The molecule has 21 heavy (non-hydrogen) atoms. The number of halogens is 1. The fourth-order valence-corrected chi connectivity index (χ4v) is 1.61. The predicted octanol–water partition coefficient (Wildman–Crippen LogP) is 1.69. The van der Waals surface area contributed by atoms with Gasteiger partial charge in [-0.15, -0.1) is 12.4 Å². The van der Waals surface area contributed by atoms with E-state index in [-0.39, 0.29) is 36.3 Å². The number of carbonyl (C=O) groups excluding carboxylic acids is 1. The molecule has 8 nitrogen and oxygen atoms in total. The molecule has 2 aromatic rings. The minimum Gasteiger partial charge on any atom is -0.455 e. The van der Waals surface area contributed by atoms with Crippen LogP contribution in [0.3, 0.4) is 0 Å². The van der Waals surface area contributed by atoms with E-state index in [2.05, 4.69) is 4.98 Å². The molecule has 0 fully saturated rings. The van der Waals surface area contributed by atoms with Crippen LogP contribution in [0.2, 0.25) is 0 Å². The van der Waals surface area contributed by atoms with E-state index in [0.29, 0.717) is 5.56 Å². The summed E-state index contributed by atoms with van der Waals surface area (Å²) in [5.41, 5.74) is 6.09. The standard InChI is InChI=1S/C12H12N4O4.ClH/c1-15-6-10(13)14-11(15)12(17)20-7-8-2-4-9(5-3-8)16(18)19;/h2-6H,7,13H2,1H3;1H. The van der Waals surface area contributed by atoms with Gasteiger partial charge >= 0.3 is 5.97 Å². The number of nitrogen functional groups attached to an aromatic ring is 1. The number of carbonyl (C=O) groups is 1. The monoisotopic (exact) mass is 312 g/mol. The van der Waals surface area contributed by atoms with Gasteiger partial charge in [-0.1, -0.05) is 0 Å². The molecule has 0 aliphatic heterocycles. The normalized spacial score (nSPS) is 9.76. The topological polar surface area (TPSA) is 113 Å². The van der Waals surface area contributed by atoms with Crippen LogP contribution in [-0.2, 0) is 18.4 Å². The van der Waals surface area contributed by atoms with Crippen molar-refractivity contribution in [2.75, 3.05) is 5.73 Å². The van der Waals surface area contributed by atoms with Gasteiger partial charge in [0.15, 0.2) is 0 Å². The Kier molecular flexibility index (Phi) is 5.25. The molecule has 9 heteroatoms. The maximum Gasteiger partial charge on any atom is 0.374 e. The molecule has 0 saturated carbocycles. The first-order chi connectivity index (χ1) is 9.47. The van der Waals surface area contributed by atoms with Crippen LogP contribution in [0.25, 0.3) is 0 Å². The summed E-state index contributed by atoms with van der Waals surface area (Å²) >= 11 is 0. The minimum atomic E-state index is -0.609. The molecule has 0 aliphatic carbocycles. The van der Waals surface area contributed by atoms with Crippen molar-refractivity contribution >= 4 is 29.9 Å². The summed E-state index contributed by atoms with van der Waals surface area (Å²) < 4.78 is 6.53. The highest BCUT2D eigenvalue weighted by Crippen LogP contribution is 2.13. The SMILES string of the molecule is Cl.Cn1cc(N)nc1C(=O)OCc1ccc([N+](=O)[O-])cc1. The molecule has 0 atom stereocenters. The van der Waals surface area contributed by atoms with Crippen LogP contribution < -0.4 is 5.73 Å². The lowest BCUT2D eigenvalue weighted by molar-refractivity contribution is -0.384. The van der Waals surface area contributed by atoms with Crippen LogP contribution >= 0.6 is 12.4 Å². The second-order valence-electron chi connectivity index (χ2n) is 4.10. The number of anilines is 1. The Morgan fingerprint density at radius 2 is 2.05 bits per heavy atom. The molecular formula is C12H13ClN4O4. The van der Waals surface area contributed by atoms with Crippen LogP contribution in [0.15, 0.2) is 30.5 Å². The summed E-state index contributed by atoms with van der Waals surface area (Å²) in [5.74, 6) is -0.276. The van der Waals surface area contributed by atoms with Crippen LogP contribution in [0.4, 0.5) is 11.5 Å². The Bertz CT molecular complexity index is 654. The predicted molar refractivity (Wildman–Crippen MR) is 77.1 cm³/mol. The summed E-state index contributed by atoms with van der Waals surface area (Å²) in [6.45, 7) is 0.00356. The Hall–Kier alpha value is -2.61. The quantitative estimate of drug-likeness (QED) is 0.522. The number of benzene rings is 1. The summed E-state index contributed by atoms with van der Waals surface area (Å²) in [5, 5.41) is 10.5. The van der Waals surface area contributed by atoms with Gasteiger partial charge in [0.1, 0.15) is 12.4 Å². The van der Waals surface area contributed by atoms with E-state index in [1.165, 1.54) is 35.0 Å². The Labute approximate surface area is 126 Å². The number of hydrogen-bond acceptors (Lipinski definition) is 6. The number of aryl methyl sites for hydroxylation is 1. The zero-order chi connectivity index (χ0) is 14.7. The number of non-ortho nitro benzene ring substituents is 1. The summed E-state index contributed by atoms with van der Waals surface area (Å²) in [6.07, 6.45) is 1.50. The third-order valence-corrected chi connectivity index (χ3v) is 2.59. The Morgan fingerprint density at radius 1 is 1.43 bits per heavy atom. The highest BCUT2D eigenvalue weighted by Gasteiger charge is 2.14. The number of rotatable bonds is 4. The van der Waals surface area contributed by atoms with Gasteiger partial charge in [-0.2, -0.15) is 0 Å². The van der Waals surface area contributed by atoms with Gasteiger partial charge in [0, 0.05) is 25.4 Å². The van der Waals surface area contributed by atoms with Gasteiger partial charge in [0.25, 0.3) is 5.69 Å². The largest absolute Gasteiger partial charge is 0.455 e. The number of imidazole rings is 1. The molecular weight excluding hydrogens is 300 g/mol. The van der Waals surface area contributed by atoms with E-state index in [1.54, 1.807) is 7.05 Å². The van der Waals surface area contributed by atoms with Crippen molar-refractivity contribution in [3.63, 3.8) is 0 Å². The van der Waals surface area contributed by atoms with Crippen molar-refractivity contribution in [2.24, 2.45) is 7.05 Å². The molecule has 0 unspecified atom stereocenters. The third-order valence-electron chi connectivity index (χ3n) is 2.59. The Morgan fingerprint density at radius 3 is 2.52 bits per heavy atom. The molecule has 2 N–H and O–H groups in total. The smallest absolute Gasteiger partial charge is 0.374 e. The van der Waals surface area contributed by atoms with Crippen LogP contribution in [0, 0.1) is 10.1 Å². The summed E-state index contributed by atoms with van der Waals surface area (Å²) in [4.78, 5) is 25.6. The highest BCUT2D eigenvalue weighted by molar-refractivity contribution is 5.86. The van der Waals surface area contributed by atoms with Crippen molar-refractivity contribution in [3.05, 3.63) is 52.0 Å². The summed E-state index contributed by atoms with van der Waals surface area (Å²) in [6, 6.07) is 5.75. The number of nitrogens with two attached hydrogens (primary N) is 1. The number of nitrogens with zero attached hydrogens (tertiary/aromatic N) is 3. The van der Waals surface area contributed by atoms with Crippen LogP contribution in [0.5, 0.6) is 0 Å². The van der Waals surface area contributed by atoms with E-state index in [4.69, 9.17) is 10.5 Å². The van der Waals surface area contributed by atoms with E-state index < -0.39 is 10.9 Å². The Balaban J connectivity index is 0.00000220. The third kappa shape index (κ3) is 3.93. The number of esters is 1. The lowest BCUT2D eigenvalue weighted by Gasteiger charge is -2.04. The number of nitro benzene ring substituents is 1. The van der Waals surface area contributed by atoms with Gasteiger partial charge in [0.2, 0.25) is 5.82 Å². The first-order valence-electron chi connectivity index (χ1n) is 5.66. The van der Waals surface area contributed by atoms with Crippen molar-refractivity contribution in [1.29, 1.82) is 0 Å². The van der Waals surface area contributed by atoms with Gasteiger partial charge < -0.3 is 15.0 Å². The second kappa shape index (κ2) is 6.71. The zero-order valence-electron chi connectivity index (χ0n) is 11.1. The number of nitro groups is 1. The summed E-state index contributed by atoms with van der Waals surface area (Å²) in [7, 11) is 1.63. The molecule has 0 amide bonds. The molecule has 0 bridgehead atoms.